The van der Waals surface area contributed by atoms with Gasteiger partial charge in [0, 0.05) is 24.0 Å². The maximum Gasteiger partial charge on any atom is 0.232 e. The highest BCUT2D eigenvalue weighted by atomic mass is 35.5. The fourth-order valence-corrected chi connectivity index (χ4v) is 4.63. The van der Waals surface area contributed by atoms with Crippen molar-refractivity contribution in [1.82, 2.24) is 19.5 Å². The highest BCUT2D eigenvalue weighted by Gasteiger charge is 2.26. The summed E-state index contributed by atoms with van der Waals surface area (Å²) in [5.41, 5.74) is -0.453. The molecule has 0 aliphatic rings. The molecule has 0 aliphatic carbocycles. The number of aromatic nitrogens is 4. The molecule has 1 N–H and O–H groups in total. The molecule has 0 radical (unpaired) electrons. The number of carbonyl (C=O) groups is 1. The summed E-state index contributed by atoms with van der Waals surface area (Å²) in [4.78, 5) is 25.7. The number of nitrogens with one attached hydrogen (secondary N) is 1. The van der Waals surface area contributed by atoms with E-state index in [0.29, 0.717) is 29.3 Å². The lowest BCUT2D eigenvalue weighted by Gasteiger charge is -2.13. The number of imidazole rings is 1. The molecule has 2 heterocycles. The molecule has 170 valence electrons. The summed E-state index contributed by atoms with van der Waals surface area (Å²) < 4.78 is 56.8. The van der Waals surface area contributed by atoms with E-state index in [4.69, 9.17) is 11.6 Å². The van der Waals surface area contributed by atoms with E-state index >= 15 is 0 Å². The Morgan fingerprint density at radius 1 is 1.21 bits per heavy atom. The number of hydrogen-bond acceptors (Lipinski definition) is 6. The second kappa shape index (κ2) is 8.83. The van der Waals surface area contributed by atoms with Gasteiger partial charge in [0.2, 0.25) is 10.0 Å². The van der Waals surface area contributed by atoms with Crippen LogP contribution in [-0.2, 0) is 10.0 Å². The Morgan fingerprint density at radius 2 is 2.00 bits per heavy atom. The van der Waals surface area contributed by atoms with Gasteiger partial charge in [0.25, 0.3) is 0 Å². The number of nitrogens with zero attached hydrogens (tertiary/aromatic N) is 4. The highest BCUT2D eigenvalue weighted by molar-refractivity contribution is 7.92. The average molecular weight is 492 g/mol. The van der Waals surface area contributed by atoms with Crippen molar-refractivity contribution in [2.45, 2.75) is 13.3 Å². The van der Waals surface area contributed by atoms with Gasteiger partial charge in [-0.1, -0.05) is 18.5 Å². The largest absolute Gasteiger partial charge is 0.289 e. The molecular weight excluding hydrogens is 476 g/mol. The molecule has 0 amide bonds. The Balaban J connectivity index is 1.78. The predicted octanol–water partition coefficient (Wildman–Crippen LogP) is 4.13. The van der Waals surface area contributed by atoms with Crippen molar-refractivity contribution in [1.29, 1.82) is 0 Å². The van der Waals surface area contributed by atoms with Gasteiger partial charge in [-0.25, -0.2) is 27.2 Å². The van der Waals surface area contributed by atoms with E-state index < -0.39 is 43.7 Å². The van der Waals surface area contributed by atoms with Crippen molar-refractivity contribution < 1.29 is 22.0 Å². The lowest BCUT2D eigenvalue weighted by Crippen LogP contribution is -2.18. The van der Waals surface area contributed by atoms with Crippen LogP contribution in [0.3, 0.4) is 0 Å². The molecule has 4 rings (SSSR count). The van der Waals surface area contributed by atoms with E-state index in [0.717, 1.165) is 0 Å². The smallest absolute Gasteiger partial charge is 0.232 e. The number of hydrogen-bond donors (Lipinski definition) is 1. The van der Waals surface area contributed by atoms with E-state index in [2.05, 4.69) is 19.7 Å². The quantitative estimate of drug-likeness (QED) is 0.308. The standard InChI is InChI=1S/C21H16ClF2N5O3S/c1-2-7-33(31,32)28-16-9-13(23)20(24)18(19(16)22)21(30)12-3-4-14-15(8-12)27-17(10-26-14)29-6-5-25-11-29/h3-6,8-11,28H,2,7H2,1H3. The number of anilines is 1. The Hall–Kier alpha value is -3.44. The number of halogens is 3. The van der Waals surface area contributed by atoms with E-state index in [1.54, 1.807) is 23.9 Å². The second-order valence-electron chi connectivity index (χ2n) is 7.06. The van der Waals surface area contributed by atoms with Gasteiger partial charge in [-0.3, -0.25) is 19.1 Å². The van der Waals surface area contributed by atoms with E-state index in [-0.39, 0.29) is 11.3 Å². The van der Waals surface area contributed by atoms with Crippen LogP contribution in [0.5, 0.6) is 0 Å². The third-order valence-corrected chi connectivity index (χ3v) is 6.55. The molecule has 0 atom stereocenters. The molecule has 8 nitrogen and oxygen atoms in total. The van der Waals surface area contributed by atoms with Crippen molar-refractivity contribution in [2.24, 2.45) is 0 Å². The van der Waals surface area contributed by atoms with E-state index in [1.807, 2.05) is 0 Å². The van der Waals surface area contributed by atoms with Gasteiger partial charge in [-0.2, -0.15) is 0 Å². The zero-order valence-electron chi connectivity index (χ0n) is 17.1. The monoisotopic (exact) mass is 491 g/mol. The first-order chi connectivity index (χ1) is 15.7. The van der Waals surface area contributed by atoms with Gasteiger partial charge < -0.3 is 0 Å². The molecule has 0 spiro atoms. The summed E-state index contributed by atoms with van der Waals surface area (Å²) in [6.07, 6.45) is 6.56. The van der Waals surface area contributed by atoms with Crippen LogP contribution < -0.4 is 4.72 Å². The number of sulfonamides is 1. The van der Waals surface area contributed by atoms with Crippen molar-refractivity contribution in [2.75, 3.05) is 10.5 Å². The normalized spacial score (nSPS) is 11.6. The van der Waals surface area contributed by atoms with Crippen molar-refractivity contribution >= 4 is 44.1 Å². The molecule has 12 heteroatoms. The molecule has 2 aromatic carbocycles. The summed E-state index contributed by atoms with van der Waals surface area (Å²) in [6, 6.07) is 4.85. The molecule has 0 unspecified atom stereocenters. The lowest BCUT2D eigenvalue weighted by molar-refractivity contribution is 0.103. The van der Waals surface area contributed by atoms with Crippen molar-refractivity contribution in [3.63, 3.8) is 0 Å². The first-order valence-electron chi connectivity index (χ1n) is 9.68. The third kappa shape index (κ3) is 4.55. The van der Waals surface area contributed by atoms with Gasteiger partial charge in [-0.05, 0) is 24.6 Å². The lowest BCUT2D eigenvalue weighted by atomic mass is 10.0. The Morgan fingerprint density at radius 3 is 2.70 bits per heavy atom. The van der Waals surface area contributed by atoms with Gasteiger partial charge >= 0.3 is 0 Å². The maximum absolute atomic E-state index is 14.6. The van der Waals surface area contributed by atoms with E-state index in [1.165, 1.54) is 30.7 Å². The molecule has 0 aliphatic heterocycles. The van der Waals surface area contributed by atoms with Crippen LogP contribution in [0.2, 0.25) is 5.02 Å². The SMILES string of the molecule is CCCS(=O)(=O)Nc1cc(F)c(F)c(C(=O)c2ccc3ncc(-n4ccnc4)nc3c2)c1Cl. The minimum Gasteiger partial charge on any atom is -0.289 e. The van der Waals surface area contributed by atoms with Crippen molar-refractivity contribution in [3.05, 3.63) is 77.0 Å². The average Bonchev–Trinajstić information content (AvgIpc) is 3.31. The first-order valence-corrected chi connectivity index (χ1v) is 11.7. The molecule has 0 saturated heterocycles. The molecule has 0 fully saturated rings. The van der Waals surface area contributed by atoms with Crippen LogP contribution in [0, 0.1) is 11.6 Å². The minimum atomic E-state index is -3.86. The number of fused-ring (bicyclic) bond motifs is 1. The third-order valence-electron chi connectivity index (χ3n) is 4.68. The molecule has 2 aromatic heterocycles. The Labute approximate surface area is 192 Å². The first kappa shape index (κ1) is 22.7. The predicted molar refractivity (Wildman–Crippen MR) is 119 cm³/mol. The van der Waals surface area contributed by atoms with Crippen LogP contribution in [-0.4, -0.2) is 39.5 Å². The van der Waals surface area contributed by atoms with Crippen molar-refractivity contribution in [3.8, 4) is 5.82 Å². The molecular formula is C21H16ClF2N5O3S. The fraction of sp³-hybridized carbons (Fsp3) is 0.143. The fourth-order valence-electron chi connectivity index (χ4n) is 3.17. The summed E-state index contributed by atoms with van der Waals surface area (Å²) in [6.45, 7) is 1.64. The van der Waals surface area contributed by atoms with E-state index in [9.17, 15) is 22.0 Å². The minimum absolute atomic E-state index is 0.0339. The van der Waals surface area contributed by atoms with Crippen LogP contribution in [0.25, 0.3) is 16.9 Å². The van der Waals surface area contributed by atoms with Crippen LogP contribution in [0.1, 0.15) is 29.3 Å². The maximum atomic E-state index is 14.6. The molecule has 0 saturated carbocycles. The number of ketones is 1. The summed E-state index contributed by atoms with van der Waals surface area (Å²) in [5.74, 6) is -3.66. The van der Waals surface area contributed by atoms with Crippen LogP contribution in [0.15, 0.2) is 49.2 Å². The Kier molecular flexibility index (Phi) is 6.09. The highest BCUT2D eigenvalue weighted by Crippen LogP contribution is 2.33. The number of carbonyl (C=O) groups excluding carboxylic acids is 1. The summed E-state index contributed by atoms with van der Waals surface area (Å²) >= 11 is 6.16. The molecule has 4 aromatic rings. The van der Waals surface area contributed by atoms with Gasteiger partial charge in [0.1, 0.15) is 6.33 Å². The second-order valence-corrected chi connectivity index (χ2v) is 9.28. The van der Waals surface area contributed by atoms with Crippen LogP contribution in [0.4, 0.5) is 14.5 Å². The van der Waals surface area contributed by atoms with Crippen LogP contribution >= 0.6 is 11.6 Å². The van der Waals surface area contributed by atoms with Gasteiger partial charge in [0.05, 0.1) is 39.3 Å². The van der Waals surface area contributed by atoms with Gasteiger partial charge in [0.15, 0.2) is 23.2 Å². The molecule has 33 heavy (non-hydrogen) atoms. The number of rotatable bonds is 7. The molecule has 0 bridgehead atoms. The zero-order chi connectivity index (χ0) is 23.8. The Bertz CT molecular complexity index is 1480. The van der Waals surface area contributed by atoms with Gasteiger partial charge in [-0.15, -0.1) is 0 Å². The summed E-state index contributed by atoms with van der Waals surface area (Å²) in [5, 5.41) is -0.545. The zero-order valence-corrected chi connectivity index (χ0v) is 18.7. The topological polar surface area (TPSA) is 107 Å². The summed E-state index contributed by atoms with van der Waals surface area (Å²) in [7, 11) is -3.86. The number of benzene rings is 2.